The van der Waals surface area contributed by atoms with E-state index in [4.69, 9.17) is 16.3 Å². The molecule has 1 saturated heterocycles. The molecule has 2 rings (SSSR count). The van der Waals surface area contributed by atoms with Gasteiger partial charge in [0, 0.05) is 12.5 Å². The molecule has 3 heteroatoms. The molecule has 1 N–H and O–H groups in total. The topological polar surface area (TPSA) is 21.3 Å². The molecule has 1 aliphatic rings. The van der Waals surface area contributed by atoms with Crippen LogP contribution in [0.2, 0.25) is 5.02 Å². The molecule has 2 nitrogen and oxygen atoms in total. The summed E-state index contributed by atoms with van der Waals surface area (Å²) < 4.78 is 5.84. The fourth-order valence-corrected chi connectivity index (χ4v) is 2.23. The molecule has 0 bridgehead atoms. The zero-order valence-corrected chi connectivity index (χ0v) is 13.3. The second-order valence-corrected chi connectivity index (χ2v) is 5.42. The van der Waals surface area contributed by atoms with E-state index < -0.39 is 0 Å². The van der Waals surface area contributed by atoms with Crippen molar-refractivity contribution in [2.75, 3.05) is 19.7 Å². The predicted octanol–water partition coefficient (Wildman–Crippen LogP) is 4.48. The van der Waals surface area contributed by atoms with Gasteiger partial charge in [-0.25, -0.2) is 0 Å². The Balaban J connectivity index is 0.000000861. The second-order valence-electron chi connectivity index (χ2n) is 5.01. The van der Waals surface area contributed by atoms with Crippen molar-refractivity contribution in [1.29, 1.82) is 0 Å². The van der Waals surface area contributed by atoms with Gasteiger partial charge in [-0.3, -0.25) is 0 Å². The Morgan fingerprint density at radius 1 is 1.37 bits per heavy atom. The van der Waals surface area contributed by atoms with Crippen LogP contribution in [0.25, 0.3) is 0 Å². The first kappa shape index (κ1) is 16.3. The van der Waals surface area contributed by atoms with Crippen molar-refractivity contribution >= 4 is 11.6 Å². The van der Waals surface area contributed by atoms with Crippen molar-refractivity contribution in [3.8, 4) is 5.75 Å². The lowest BCUT2D eigenvalue weighted by Crippen LogP contribution is -2.15. The van der Waals surface area contributed by atoms with Crippen LogP contribution in [0.1, 0.15) is 45.6 Å². The summed E-state index contributed by atoms with van der Waals surface area (Å²) in [5, 5.41) is 4.05. The van der Waals surface area contributed by atoms with E-state index in [-0.39, 0.29) is 0 Å². The summed E-state index contributed by atoms with van der Waals surface area (Å²) in [5.41, 5.74) is 1.27. The average molecular weight is 284 g/mol. The molecule has 0 spiro atoms. The standard InChI is InChI=1S/C14H20ClNO.C2H6/c1-10(2)12-3-4-13(15)14(7-12)17-9-11-5-6-16-8-11;1-2/h3-4,7,10-11,16H,5-6,8-9H2,1-2H3;1-2H3. The van der Waals surface area contributed by atoms with Gasteiger partial charge in [-0.05, 0) is 36.6 Å². The predicted molar refractivity (Wildman–Crippen MR) is 83.4 cm³/mol. The molecule has 1 aromatic rings. The summed E-state index contributed by atoms with van der Waals surface area (Å²) in [5.74, 6) is 1.95. The molecule has 1 fully saturated rings. The van der Waals surface area contributed by atoms with Gasteiger partial charge in [0.15, 0.2) is 0 Å². The van der Waals surface area contributed by atoms with Crippen molar-refractivity contribution in [2.45, 2.75) is 40.0 Å². The largest absolute Gasteiger partial charge is 0.492 e. The maximum absolute atomic E-state index is 6.15. The molecule has 1 heterocycles. The zero-order valence-electron chi connectivity index (χ0n) is 12.5. The number of benzene rings is 1. The summed E-state index contributed by atoms with van der Waals surface area (Å²) in [4.78, 5) is 0. The smallest absolute Gasteiger partial charge is 0.138 e. The summed E-state index contributed by atoms with van der Waals surface area (Å²) in [7, 11) is 0. The molecular formula is C16H26ClNO. The Kier molecular flexibility index (Phi) is 7.25. The Hall–Kier alpha value is -0.730. The number of rotatable bonds is 4. The van der Waals surface area contributed by atoms with Gasteiger partial charge in [0.2, 0.25) is 0 Å². The highest BCUT2D eigenvalue weighted by molar-refractivity contribution is 6.32. The monoisotopic (exact) mass is 283 g/mol. The molecule has 108 valence electrons. The van der Waals surface area contributed by atoms with Gasteiger partial charge in [0.05, 0.1) is 11.6 Å². The highest BCUT2D eigenvalue weighted by Crippen LogP contribution is 2.29. The summed E-state index contributed by atoms with van der Waals surface area (Å²) in [6.45, 7) is 11.3. The molecule has 0 saturated carbocycles. The van der Waals surface area contributed by atoms with Crippen molar-refractivity contribution in [1.82, 2.24) is 5.32 Å². The number of hydrogen-bond acceptors (Lipinski definition) is 2. The Morgan fingerprint density at radius 3 is 2.68 bits per heavy atom. The van der Waals surface area contributed by atoms with Gasteiger partial charge in [-0.2, -0.15) is 0 Å². The maximum Gasteiger partial charge on any atom is 0.138 e. The van der Waals surface area contributed by atoms with Gasteiger partial charge < -0.3 is 10.1 Å². The number of hydrogen-bond donors (Lipinski definition) is 1. The Labute approximate surface area is 122 Å². The first-order valence-corrected chi connectivity index (χ1v) is 7.67. The summed E-state index contributed by atoms with van der Waals surface area (Å²) >= 11 is 6.15. The van der Waals surface area contributed by atoms with Crippen LogP contribution in [0.15, 0.2) is 18.2 Å². The molecule has 1 aliphatic heterocycles. The van der Waals surface area contributed by atoms with Crippen LogP contribution < -0.4 is 10.1 Å². The lowest BCUT2D eigenvalue weighted by atomic mass is 10.0. The zero-order chi connectivity index (χ0) is 14.3. The van der Waals surface area contributed by atoms with Gasteiger partial charge >= 0.3 is 0 Å². The van der Waals surface area contributed by atoms with E-state index in [0.717, 1.165) is 25.4 Å². The molecule has 0 aliphatic carbocycles. The van der Waals surface area contributed by atoms with E-state index in [1.807, 2.05) is 19.9 Å². The third kappa shape index (κ3) is 5.04. The van der Waals surface area contributed by atoms with E-state index in [2.05, 4.69) is 31.3 Å². The highest BCUT2D eigenvalue weighted by atomic mass is 35.5. The maximum atomic E-state index is 6.15. The van der Waals surface area contributed by atoms with Crippen LogP contribution in [0.3, 0.4) is 0 Å². The van der Waals surface area contributed by atoms with Crippen LogP contribution >= 0.6 is 11.6 Å². The minimum absolute atomic E-state index is 0.503. The molecule has 1 atom stereocenters. The minimum Gasteiger partial charge on any atom is -0.492 e. The third-order valence-electron chi connectivity index (χ3n) is 3.26. The van der Waals surface area contributed by atoms with Crippen LogP contribution in [-0.4, -0.2) is 19.7 Å². The van der Waals surface area contributed by atoms with Gasteiger partial charge in [0.1, 0.15) is 5.75 Å². The van der Waals surface area contributed by atoms with Gasteiger partial charge in [-0.1, -0.05) is 45.4 Å². The van der Waals surface area contributed by atoms with Crippen LogP contribution in [0.5, 0.6) is 5.75 Å². The molecule has 0 aromatic heterocycles. The van der Waals surface area contributed by atoms with E-state index in [1.54, 1.807) is 0 Å². The Morgan fingerprint density at radius 2 is 2.11 bits per heavy atom. The summed E-state index contributed by atoms with van der Waals surface area (Å²) in [6.07, 6.45) is 1.20. The fourth-order valence-electron chi connectivity index (χ4n) is 2.05. The van der Waals surface area contributed by atoms with Crippen molar-refractivity contribution in [2.24, 2.45) is 5.92 Å². The van der Waals surface area contributed by atoms with E-state index in [9.17, 15) is 0 Å². The van der Waals surface area contributed by atoms with Crippen LogP contribution in [-0.2, 0) is 0 Å². The van der Waals surface area contributed by atoms with Crippen molar-refractivity contribution < 1.29 is 4.74 Å². The van der Waals surface area contributed by atoms with Crippen molar-refractivity contribution in [3.63, 3.8) is 0 Å². The molecule has 0 amide bonds. The van der Waals surface area contributed by atoms with E-state index in [0.29, 0.717) is 16.9 Å². The molecule has 1 aromatic carbocycles. The van der Waals surface area contributed by atoms with Crippen molar-refractivity contribution in [3.05, 3.63) is 28.8 Å². The number of halogens is 1. The normalized spacial score (nSPS) is 18.1. The van der Waals surface area contributed by atoms with Crippen LogP contribution in [0, 0.1) is 5.92 Å². The average Bonchev–Trinajstić information content (AvgIpc) is 2.93. The van der Waals surface area contributed by atoms with Crippen LogP contribution in [0.4, 0.5) is 0 Å². The highest BCUT2D eigenvalue weighted by Gasteiger charge is 2.15. The first-order valence-electron chi connectivity index (χ1n) is 7.30. The second kappa shape index (κ2) is 8.44. The molecular weight excluding hydrogens is 258 g/mol. The molecule has 19 heavy (non-hydrogen) atoms. The quantitative estimate of drug-likeness (QED) is 0.880. The number of nitrogens with one attached hydrogen (secondary N) is 1. The van der Waals surface area contributed by atoms with Gasteiger partial charge in [-0.15, -0.1) is 0 Å². The molecule has 1 unspecified atom stereocenters. The third-order valence-corrected chi connectivity index (χ3v) is 3.57. The Bertz CT molecular complexity index is 373. The summed E-state index contributed by atoms with van der Waals surface area (Å²) in [6, 6.07) is 6.06. The number of ether oxygens (including phenoxy) is 1. The minimum atomic E-state index is 0.503. The molecule has 0 radical (unpaired) electrons. The lowest BCUT2D eigenvalue weighted by molar-refractivity contribution is 0.260. The fraction of sp³-hybridized carbons (Fsp3) is 0.625. The van der Waals surface area contributed by atoms with Gasteiger partial charge in [0.25, 0.3) is 0 Å². The lowest BCUT2D eigenvalue weighted by Gasteiger charge is -2.14. The SMILES string of the molecule is CC.CC(C)c1ccc(Cl)c(OCC2CCNC2)c1. The van der Waals surface area contributed by atoms with E-state index in [1.165, 1.54) is 12.0 Å². The van der Waals surface area contributed by atoms with E-state index >= 15 is 0 Å². The first-order chi connectivity index (χ1) is 9.16.